The summed E-state index contributed by atoms with van der Waals surface area (Å²) in [5.41, 5.74) is 0.768. The fraction of sp³-hybridized carbons (Fsp3) is 0.529. The van der Waals surface area contributed by atoms with Crippen molar-refractivity contribution in [1.82, 2.24) is 5.32 Å². The second-order valence-corrected chi connectivity index (χ2v) is 5.95. The van der Waals surface area contributed by atoms with Gasteiger partial charge in [0.15, 0.2) is 0 Å². The number of nitrogens with one attached hydrogen (secondary N) is 1. The van der Waals surface area contributed by atoms with Gasteiger partial charge in [0.1, 0.15) is 5.92 Å². The van der Waals surface area contributed by atoms with Gasteiger partial charge in [-0.3, -0.25) is 4.79 Å². The fourth-order valence-corrected chi connectivity index (χ4v) is 2.89. The Morgan fingerprint density at radius 1 is 1.25 bits per heavy atom. The number of hydrogen-bond donors (Lipinski definition) is 1. The third-order valence-corrected chi connectivity index (χ3v) is 4.47. The molecule has 1 saturated carbocycles. The molecule has 3 heteroatoms. The van der Waals surface area contributed by atoms with Gasteiger partial charge in [-0.05, 0) is 36.7 Å². The number of nitriles is 1. The van der Waals surface area contributed by atoms with Crippen LogP contribution in [0.25, 0.3) is 0 Å². The van der Waals surface area contributed by atoms with Gasteiger partial charge in [0, 0.05) is 6.04 Å². The lowest BCUT2D eigenvalue weighted by Crippen LogP contribution is -2.41. The van der Waals surface area contributed by atoms with E-state index >= 15 is 0 Å². The maximum atomic E-state index is 12.3. The third-order valence-electron chi connectivity index (χ3n) is 4.47. The molecule has 4 atom stereocenters. The summed E-state index contributed by atoms with van der Waals surface area (Å²) >= 11 is 0. The van der Waals surface area contributed by atoms with Gasteiger partial charge in [-0.25, -0.2) is 0 Å². The second kappa shape index (κ2) is 6.56. The van der Waals surface area contributed by atoms with Crippen LogP contribution in [0.15, 0.2) is 30.3 Å². The summed E-state index contributed by atoms with van der Waals surface area (Å²) in [5, 5.41) is 12.3. The first-order valence-electron chi connectivity index (χ1n) is 7.36. The molecule has 1 aromatic carbocycles. The van der Waals surface area contributed by atoms with Crippen LogP contribution in [0.5, 0.6) is 0 Å². The number of amides is 1. The number of carbonyl (C=O) groups is 1. The van der Waals surface area contributed by atoms with E-state index in [-0.39, 0.29) is 11.9 Å². The summed E-state index contributed by atoms with van der Waals surface area (Å²) in [4.78, 5) is 12.3. The summed E-state index contributed by atoms with van der Waals surface area (Å²) in [6.45, 7) is 4.51. The molecule has 1 amide bonds. The summed E-state index contributed by atoms with van der Waals surface area (Å²) in [6, 6.07) is 11.6. The quantitative estimate of drug-likeness (QED) is 0.916. The fourth-order valence-electron chi connectivity index (χ4n) is 2.89. The van der Waals surface area contributed by atoms with Crippen LogP contribution in [0.2, 0.25) is 0 Å². The van der Waals surface area contributed by atoms with Crippen molar-refractivity contribution in [3.8, 4) is 6.07 Å². The normalized spacial score (nSPS) is 27.4. The Morgan fingerprint density at radius 2 is 1.95 bits per heavy atom. The van der Waals surface area contributed by atoms with Crippen LogP contribution in [-0.2, 0) is 4.79 Å². The van der Waals surface area contributed by atoms with E-state index in [9.17, 15) is 10.1 Å². The molecule has 0 saturated heterocycles. The molecule has 3 nitrogen and oxygen atoms in total. The molecular formula is C17H22N2O. The van der Waals surface area contributed by atoms with Gasteiger partial charge >= 0.3 is 0 Å². The van der Waals surface area contributed by atoms with E-state index in [1.807, 2.05) is 30.3 Å². The maximum Gasteiger partial charge on any atom is 0.242 e. The van der Waals surface area contributed by atoms with Crippen molar-refractivity contribution in [2.24, 2.45) is 11.8 Å². The first-order valence-corrected chi connectivity index (χ1v) is 7.36. The average molecular weight is 270 g/mol. The van der Waals surface area contributed by atoms with Gasteiger partial charge in [-0.15, -0.1) is 0 Å². The van der Waals surface area contributed by atoms with Crippen molar-refractivity contribution in [2.45, 2.75) is 45.1 Å². The summed E-state index contributed by atoms with van der Waals surface area (Å²) in [5.74, 6) is 0.492. The molecule has 1 aliphatic rings. The van der Waals surface area contributed by atoms with Crippen molar-refractivity contribution in [3.05, 3.63) is 35.9 Å². The van der Waals surface area contributed by atoms with Gasteiger partial charge in [0.05, 0.1) is 6.07 Å². The molecule has 106 valence electrons. The van der Waals surface area contributed by atoms with Gasteiger partial charge in [0.25, 0.3) is 0 Å². The number of nitrogens with zero attached hydrogens (tertiary/aromatic N) is 1. The Hall–Kier alpha value is -1.82. The molecule has 0 spiro atoms. The number of carbonyl (C=O) groups excluding carboxylic acids is 1. The molecule has 1 N–H and O–H groups in total. The Kier molecular flexibility index (Phi) is 4.79. The zero-order valence-electron chi connectivity index (χ0n) is 12.2. The smallest absolute Gasteiger partial charge is 0.242 e. The standard InChI is InChI=1S/C17H22N2O/c1-12-8-9-15(10-13(12)2)19-17(20)16(11-18)14-6-4-3-5-7-14/h3-7,12-13,15-16H,8-10H2,1-2H3,(H,19,20). The SMILES string of the molecule is CC1CCC(NC(=O)C(C#N)c2ccccc2)CC1C. The molecule has 1 fully saturated rings. The van der Waals surface area contributed by atoms with E-state index in [1.54, 1.807) is 0 Å². The summed E-state index contributed by atoms with van der Waals surface area (Å²) in [6.07, 6.45) is 3.18. The molecule has 4 unspecified atom stereocenters. The molecule has 1 aliphatic carbocycles. The van der Waals surface area contributed by atoms with Crippen LogP contribution >= 0.6 is 0 Å². The second-order valence-electron chi connectivity index (χ2n) is 5.95. The molecule has 1 aromatic rings. The Labute approximate surface area is 121 Å². The molecule has 0 heterocycles. The zero-order valence-corrected chi connectivity index (χ0v) is 12.2. The van der Waals surface area contributed by atoms with Crippen molar-refractivity contribution in [3.63, 3.8) is 0 Å². The minimum absolute atomic E-state index is 0.162. The van der Waals surface area contributed by atoms with E-state index in [4.69, 9.17) is 0 Å². The van der Waals surface area contributed by atoms with Crippen LogP contribution in [0.3, 0.4) is 0 Å². The largest absolute Gasteiger partial charge is 0.352 e. The van der Waals surface area contributed by atoms with E-state index < -0.39 is 5.92 Å². The lowest BCUT2D eigenvalue weighted by Gasteiger charge is -2.32. The molecule has 20 heavy (non-hydrogen) atoms. The Morgan fingerprint density at radius 3 is 2.55 bits per heavy atom. The third kappa shape index (κ3) is 3.39. The molecular weight excluding hydrogens is 248 g/mol. The van der Waals surface area contributed by atoms with Gasteiger partial charge in [-0.2, -0.15) is 5.26 Å². The van der Waals surface area contributed by atoms with Crippen LogP contribution in [0.4, 0.5) is 0 Å². The van der Waals surface area contributed by atoms with Gasteiger partial charge < -0.3 is 5.32 Å². The Balaban J connectivity index is 1.99. The van der Waals surface area contributed by atoms with Crippen LogP contribution in [0.1, 0.15) is 44.6 Å². The summed E-state index contributed by atoms with van der Waals surface area (Å²) < 4.78 is 0. The van der Waals surface area contributed by atoms with E-state index in [0.29, 0.717) is 5.92 Å². The highest BCUT2D eigenvalue weighted by Crippen LogP contribution is 2.29. The highest BCUT2D eigenvalue weighted by molar-refractivity contribution is 5.86. The van der Waals surface area contributed by atoms with E-state index in [1.165, 1.54) is 0 Å². The van der Waals surface area contributed by atoms with Crippen molar-refractivity contribution >= 4 is 5.91 Å². The highest BCUT2D eigenvalue weighted by Gasteiger charge is 2.28. The van der Waals surface area contributed by atoms with Gasteiger partial charge in [-0.1, -0.05) is 44.2 Å². The minimum atomic E-state index is -0.703. The monoisotopic (exact) mass is 270 g/mol. The number of benzene rings is 1. The number of hydrogen-bond acceptors (Lipinski definition) is 2. The van der Waals surface area contributed by atoms with Gasteiger partial charge in [0.2, 0.25) is 5.91 Å². The highest BCUT2D eigenvalue weighted by atomic mass is 16.1. The Bertz CT molecular complexity index is 491. The van der Waals surface area contributed by atoms with Crippen LogP contribution in [-0.4, -0.2) is 11.9 Å². The lowest BCUT2D eigenvalue weighted by molar-refractivity contribution is -0.122. The predicted octanol–water partition coefficient (Wildman–Crippen LogP) is 3.23. The molecule has 0 radical (unpaired) electrons. The van der Waals surface area contributed by atoms with Crippen molar-refractivity contribution < 1.29 is 4.79 Å². The van der Waals surface area contributed by atoms with E-state index in [0.717, 1.165) is 30.7 Å². The van der Waals surface area contributed by atoms with E-state index in [2.05, 4.69) is 25.2 Å². The zero-order chi connectivity index (χ0) is 14.5. The average Bonchev–Trinajstić information content (AvgIpc) is 2.45. The summed E-state index contributed by atoms with van der Waals surface area (Å²) in [7, 11) is 0. The molecule has 0 aromatic heterocycles. The number of rotatable bonds is 3. The first-order chi connectivity index (χ1) is 9.61. The van der Waals surface area contributed by atoms with Crippen LogP contribution in [0, 0.1) is 23.2 Å². The first kappa shape index (κ1) is 14.6. The van der Waals surface area contributed by atoms with Crippen LogP contribution < -0.4 is 5.32 Å². The van der Waals surface area contributed by atoms with Crippen molar-refractivity contribution in [2.75, 3.05) is 0 Å². The minimum Gasteiger partial charge on any atom is -0.352 e. The molecule has 0 aliphatic heterocycles. The topological polar surface area (TPSA) is 52.9 Å². The predicted molar refractivity (Wildman–Crippen MR) is 78.9 cm³/mol. The maximum absolute atomic E-state index is 12.3. The molecule has 2 rings (SSSR count). The lowest BCUT2D eigenvalue weighted by atomic mass is 9.79. The molecule has 0 bridgehead atoms. The van der Waals surface area contributed by atoms with Crippen molar-refractivity contribution in [1.29, 1.82) is 5.26 Å².